The van der Waals surface area contributed by atoms with Crippen LogP contribution in [0.4, 0.5) is 0 Å². The summed E-state index contributed by atoms with van der Waals surface area (Å²) in [4.78, 5) is 15.1. The molecule has 2 aliphatic heterocycles. The lowest BCUT2D eigenvalue weighted by molar-refractivity contribution is -0.205. The van der Waals surface area contributed by atoms with E-state index in [1.807, 2.05) is 31.2 Å². The van der Waals surface area contributed by atoms with E-state index >= 15 is 0 Å². The number of nitrogens with zero attached hydrogens (tertiary/aromatic N) is 1. The Morgan fingerprint density at radius 1 is 1.32 bits per heavy atom. The van der Waals surface area contributed by atoms with Crippen LogP contribution in [0, 0.1) is 0 Å². The maximum atomic E-state index is 12.9. The number of carbonyl (C=O) groups is 1. The molecule has 2 aliphatic rings. The fraction of sp³-hybridized carbons (Fsp3) is 0.682. The largest absolute Gasteiger partial charge is 0.395 e. The Morgan fingerprint density at radius 3 is 2.68 bits per heavy atom. The molecular formula is C22H34N2O4. The molecule has 1 aromatic rings. The van der Waals surface area contributed by atoms with Gasteiger partial charge >= 0.3 is 0 Å². The third-order valence-corrected chi connectivity index (χ3v) is 6.45. The summed E-state index contributed by atoms with van der Waals surface area (Å²) >= 11 is 0. The van der Waals surface area contributed by atoms with Crippen molar-refractivity contribution in [2.24, 2.45) is 0 Å². The molecule has 2 heterocycles. The Labute approximate surface area is 167 Å². The first-order valence-electron chi connectivity index (χ1n) is 10.4. The molecule has 2 saturated heterocycles. The van der Waals surface area contributed by atoms with E-state index in [0.717, 1.165) is 18.7 Å². The molecule has 3 rings (SSSR count). The summed E-state index contributed by atoms with van der Waals surface area (Å²) in [5.74, 6) is 0.197. The summed E-state index contributed by atoms with van der Waals surface area (Å²) in [6.45, 7) is 8.98. The van der Waals surface area contributed by atoms with Crippen LogP contribution in [0.15, 0.2) is 24.3 Å². The number of piperidine rings is 1. The van der Waals surface area contributed by atoms with Crippen molar-refractivity contribution in [1.82, 2.24) is 10.2 Å². The van der Waals surface area contributed by atoms with Gasteiger partial charge in [0.15, 0.2) is 0 Å². The molecule has 0 unspecified atom stereocenters. The van der Waals surface area contributed by atoms with E-state index in [2.05, 4.69) is 24.1 Å². The predicted octanol–water partition coefficient (Wildman–Crippen LogP) is 1.91. The first-order valence-corrected chi connectivity index (χ1v) is 10.4. The zero-order valence-electron chi connectivity index (χ0n) is 17.3. The molecule has 156 valence electrons. The maximum Gasteiger partial charge on any atom is 0.251 e. The monoisotopic (exact) mass is 390 g/mol. The standard InChI is InChI=1S/C22H34N2O4/c1-16(2)17-5-4-6-18(15-17)19(26)23-21(3)9-14-28-22(20(21)27)7-10-24(11-8-22)12-13-25/h4-6,15-16,20,25,27H,7-14H2,1-3H3,(H,23,26)/t20-,21+/m1/s1. The lowest BCUT2D eigenvalue weighted by Crippen LogP contribution is -2.69. The highest BCUT2D eigenvalue weighted by atomic mass is 16.5. The lowest BCUT2D eigenvalue weighted by atomic mass is 9.73. The molecule has 0 aromatic heterocycles. The number of nitrogens with one attached hydrogen (secondary N) is 1. The van der Waals surface area contributed by atoms with Crippen molar-refractivity contribution < 1.29 is 19.7 Å². The molecule has 2 atom stereocenters. The lowest BCUT2D eigenvalue weighted by Gasteiger charge is -2.53. The van der Waals surface area contributed by atoms with Gasteiger partial charge in [-0.05, 0) is 49.8 Å². The van der Waals surface area contributed by atoms with Crippen LogP contribution in [0.5, 0.6) is 0 Å². The molecule has 2 fully saturated rings. The number of hydrogen-bond acceptors (Lipinski definition) is 5. The second-order valence-corrected chi connectivity index (χ2v) is 8.78. The molecule has 1 aromatic carbocycles. The van der Waals surface area contributed by atoms with Crippen LogP contribution < -0.4 is 5.32 Å². The number of aliphatic hydroxyl groups is 2. The van der Waals surface area contributed by atoms with Crippen molar-refractivity contribution in [2.75, 3.05) is 32.8 Å². The number of rotatable bonds is 5. The van der Waals surface area contributed by atoms with Gasteiger partial charge in [0.25, 0.3) is 5.91 Å². The van der Waals surface area contributed by atoms with Crippen LogP contribution in [-0.4, -0.2) is 71.1 Å². The Morgan fingerprint density at radius 2 is 2.04 bits per heavy atom. The SMILES string of the molecule is CC(C)c1cccc(C(=O)N[C@@]2(C)CCOC3(CCN(CCO)CC3)[C@@H]2O)c1. The molecule has 6 nitrogen and oxygen atoms in total. The zero-order valence-corrected chi connectivity index (χ0v) is 17.3. The van der Waals surface area contributed by atoms with Gasteiger partial charge < -0.3 is 25.2 Å². The van der Waals surface area contributed by atoms with Gasteiger partial charge in [-0.3, -0.25) is 4.79 Å². The van der Waals surface area contributed by atoms with E-state index in [9.17, 15) is 9.90 Å². The molecule has 28 heavy (non-hydrogen) atoms. The van der Waals surface area contributed by atoms with E-state index in [1.165, 1.54) is 0 Å². The van der Waals surface area contributed by atoms with Crippen LogP contribution in [0.2, 0.25) is 0 Å². The minimum atomic E-state index is -0.776. The van der Waals surface area contributed by atoms with Gasteiger partial charge in [0.2, 0.25) is 0 Å². The smallest absolute Gasteiger partial charge is 0.251 e. The fourth-order valence-electron chi connectivity index (χ4n) is 4.48. The number of ether oxygens (including phenoxy) is 1. The summed E-state index contributed by atoms with van der Waals surface area (Å²) in [5.41, 5.74) is 0.380. The van der Waals surface area contributed by atoms with Crippen LogP contribution in [0.1, 0.15) is 61.9 Å². The van der Waals surface area contributed by atoms with Gasteiger partial charge in [-0.25, -0.2) is 0 Å². The van der Waals surface area contributed by atoms with E-state index in [4.69, 9.17) is 9.84 Å². The normalized spacial score (nSPS) is 27.9. The number of hydrogen-bond donors (Lipinski definition) is 3. The number of β-amino-alcohol motifs (C(OH)–C–C–N with tert-alkyl or cyclic N) is 1. The summed E-state index contributed by atoms with van der Waals surface area (Å²) in [6.07, 6.45) is 1.19. The summed E-state index contributed by atoms with van der Waals surface area (Å²) < 4.78 is 6.09. The Balaban J connectivity index is 1.72. The minimum Gasteiger partial charge on any atom is -0.395 e. The zero-order chi connectivity index (χ0) is 20.4. The van der Waals surface area contributed by atoms with Crippen molar-refractivity contribution in [2.45, 2.75) is 63.2 Å². The second kappa shape index (κ2) is 8.49. The Bertz CT molecular complexity index is 685. The average molecular weight is 391 g/mol. The van der Waals surface area contributed by atoms with Gasteiger partial charge in [0.1, 0.15) is 6.10 Å². The predicted molar refractivity (Wildman–Crippen MR) is 108 cm³/mol. The van der Waals surface area contributed by atoms with Crippen LogP contribution >= 0.6 is 0 Å². The number of amides is 1. The van der Waals surface area contributed by atoms with Crippen LogP contribution in [0.3, 0.4) is 0 Å². The number of carbonyl (C=O) groups excluding carboxylic acids is 1. The average Bonchev–Trinajstić information content (AvgIpc) is 2.68. The topological polar surface area (TPSA) is 82.0 Å². The molecule has 1 spiro atoms. The fourth-order valence-corrected chi connectivity index (χ4v) is 4.48. The van der Waals surface area contributed by atoms with Crippen molar-refractivity contribution in [3.8, 4) is 0 Å². The van der Waals surface area contributed by atoms with Gasteiger partial charge in [-0.15, -0.1) is 0 Å². The van der Waals surface area contributed by atoms with Crippen LogP contribution in [-0.2, 0) is 4.74 Å². The molecular weight excluding hydrogens is 356 g/mol. The molecule has 0 saturated carbocycles. The van der Waals surface area contributed by atoms with Gasteiger partial charge in [0, 0.05) is 31.8 Å². The second-order valence-electron chi connectivity index (χ2n) is 8.78. The summed E-state index contributed by atoms with van der Waals surface area (Å²) in [5, 5.41) is 23.5. The van der Waals surface area contributed by atoms with E-state index in [0.29, 0.717) is 43.9 Å². The third-order valence-electron chi connectivity index (χ3n) is 6.45. The van der Waals surface area contributed by atoms with Gasteiger partial charge in [0.05, 0.1) is 17.7 Å². The summed E-state index contributed by atoms with van der Waals surface area (Å²) in [6, 6.07) is 7.69. The maximum absolute atomic E-state index is 12.9. The van der Waals surface area contributed by atoms with E-state index in [-0.39, 0.29) is 12.5 Å². The highest BCUT2D eigenvalue weighted by molar-refractivity contribution is 5.95. The highest BCUT2D eigenvalue weighted by Crippen LogP contribution is 2.40. The van der Waals surface area contributed by atoms with E-state index < -0.39 is 17.2 Å². The number of aliphatic hydroxyl groups excluding tert-OH is 2. The highest BCUT2D eigenvalue weighted by Gasteiger charge is 2.53. The van der Waals surface area contributed by atoms with Crippen molar-refractivity contribution in [3.63, 3.8) is 0 Å². The first kappa shape index (κ1) is 21.2. The number of likely N-dealkylation sites (tertiary alicyclic amines) is 1. The Kier molecular flexibility index (Phi) is 6.44. The van der Waals surface area contributed by atoms with Gasteiger partial charge in [-0.2, -0.15) is 0 Å². The Hall–Kier alpha value is -1.47. The number of benzene rings is 1. The van der Waals surface area contributed by atoms with Crippen molar-refractivity contribution >= 4 is 5.91 Å². The van der Waals surface area contributed by atoms with E-state index in [1.54, 1.807) is 0 Å². The quantitative estimate of drug-likeness (QED) is 0.715. The molecule has 3 N–H and O–H groups in total. The summed E-state index contributed by atoms with van der Waals surface area (Å²) in [7, 11) is 0. The molecule has 6 heteroatoms. The molecule has 0 radical (unpaired) electrons. The first-order chi connectivity index (χ1) is 13.3. The molecule has 1 amide bonds. The van der Waals surface area contributed by atoms with Crippen molar-refractivity contribution in [1.29, 1.82) is 0 Å². The van der Waals surface area contributed by atoms with Crippen molar-refractivity contribution in [3.05, 3.63) is 35.4 Å². The van der Waals surface area contributed by atoms with Crippen LogP contribution in [0.25, 0.3) is 0 Å². The molecule has 0 bridgehead atoms. The molecule has 0 aliphatic carbocycles. The minimum absolute atomic E-state index is 0.139. The van der Waals surface area contributed by atoms with Gasteiger partial charge in [-0.1, -0.05) is 26.0 Å². The third kappa shape index (κ3) is 4.25.